The molecule has 0 amide bonds. The first-order valence-corrected chi connectivity index (χ1v) is 7.74. The lowest BCUT2D eigenvalue weighted by Gasteiger charge is -2.36. The van der Waals surface area contributed by atoms with E-state index in [0.717, 1.165) is 18.0 Å². The molecule has 0 radical (unpaired) electrons. The second-order valence-electron chi connectivity index (χ2n) is 6.86. The molecule has 1 saturated carbocycles. The van der Waals surface area contributed by atoms with E-state index in [1.807, 2.05) is 24.3 Å². The molecule has 0 saturated heterocycles. The smallest absolute Gasteiger partial charge is 0.161 e. The SMILES string of the molecule is CC1(C)CCCC(NCC2COc3ccccc3O2)C1. The molecule has 2 aliphatic rings. The van der Waals surface area contributed by atoms with E-state index in [1.54, 1.807) is 0 Å². The molecule has 20 heavy (non-hydrogen) atoms. The van der Waals surface area contributed by atoms with Crippen molar-refractivity contribution in [3.63, 3.8) is 0 Å². The monoisotopic (exact) mass is 275 g/mol. The van der Waals surface area contributed by atoms with Crippen molar-refractivity contribution in [3.05, 3.63) is 24.3 Å². The third-order valence-electron chi connectivity index (χ3n) is 4.41. The molecule has 1 aromatic rings. The fraction of sp³-hybridized carbons (Fsp3) is 0.647. The molecule has 1 aliphatic heterocycles. The number of rotatable bonds is 3. The molecule has 3 nitrogen and oxygen atoms in total. The van der Waals surface area contributed by atoms with Gasteiger partial charge in [-0.1, -0.05) is 32.4 Å². The lowest BCUT2D eigenvalue weighted by atomic mass is 9.75. The summed E-state index contributed by atoms with van der Waals surface area (Å²) in [5.74, 6) is 1.73. The Hall–Kier alpha value is -1.22. The van der Waals surface area contributed by atoms with E-state index in [2.05, 4.69) is 19.2 Å². The van der Waals surface area contributed by atoms with Crippen LogP contribution >= 0.6 is 0 Å². The summed E-state index contributed by atoms with van der Waals surface area (Å²) >= 11 is 0. The van der Waals surface area contributed by atoms with Crippen LogP contribution in [0.5, 0.6) is 11.5 Å². The van der Waals surface area contributed by atoms with Gasteiger partial charge in [-0.25, -0.2) is 0 Å². The van der Waals surface area contributed by atoms with Crippen molar-refractivity contribution in [1.29, 1.82) is 0 Å². The maximum atomic E-state index is 5.99. The van der Waals surface area contributed by atoms with Crippen molar-refractivity contribution < 1.29 is 9.47 Å². The highest BCUT2D eigenvalue weighted by Crippen LogP contribution is 2.35. The molecular formula is C17H25NO2. The van der Waals surface area contributed by atoms with Crippen molar-refractivity contribution in [2.75, 3.05) is 13.2 Å². The molecule has 1 N–H and O–H groups in total. The highest BCUT2D eigenvalue weighted by Gasteiger charge is 2.29. The normalized spacial score (nSPS) is 28.1. The van der Waals surface area contributed by atoms with Gasteiger partial charge in [0.1, 0.15) is 12.7 Å². The first-order valence-electron chi connectivity index (χ1n) is 7.74. The molecule has 0 bridgehead atoms. The van der Waals surface area contributed by atoms with Crippen LogP contribution in [-0.4, -0.2) is 25.3 Å². The molecule has 1 heterocycles. The Morgan fingerprint density at radius 2 is 2.05 bits per heavy atom. The summed E-state index contributed by atoms with van der Waals surface area (Å²) in [6.45, 7) is 6.25. The average molecular weight is 275 g/mol. The zero-order valence-corrected chi connectivity index (χ0v) is 12.5. The number of para-hydroxylation sites is 2. The Labute approximate surface area is 121 Å². The minimum atomic E-state index is 0.120. The van der Waals surface area contributed by atoms with Gasteiger partial charge in [0.2, 0.25) is 0 Å². The van der Waals surface area contributed by atoms with E-state index in [4.69, 9.17) is 9.47 Å². The number of benzene rings is 1. The maximum absolute atomic E-state index is 5.99. The summed E-state index contributed by atoms with van der Waals surface area (Å²) in [7, 11) is 0. The summed E-state index contributed by atoms with van der Waals surface area (Å²) in [4.78, 5) is 0. The van der Waals surface area contributed by atoms with Crippen molar-refractivity contribution in [2.24, 2.45) is 5.41 Å². The van der Waals surface area contributed by atoms with E-state index in [9.17, 15) is 0 Å². The summed E-state index contributed by atoms with van der Waals surface area (Å²) < 4.78 is 11.7. The molecular weight excluding hydrogens is 250 g/mol. The molecule has 3 heteroatoms. The molecule has 2 atom stereocenters. The average Bonchev–Trinajstić information content (AvgIpc) is 2.44. The van der Waals surface area contributed by atoms with Crippen molar-refractivity contribution in [1.82, 2.24) is 5.32 Å². The Morgan fingerprint density at radius 1 is 1.25 bits per heavy atom. The number of ether oxygens (including phenoxy) is 2. The molecule has 0 aromatic heterocycles. The number of nitrogens with one attached hydrogen (secondary N) is 1. The fourth-order valence-electron chi connectivity index (χ4n) is 3.33. The Balaban J connectivity index is 1.50. The predicted molar refractivity (Wildman–Crippen MR) is 80.4 cm³/mol. The summed E-state index contributed by atoms with van der Waals surface area (Å²) in [6, 6.07) is 8.53. The van der Waals surface area contributed by atoms with Gasteiger partial charge in [0.15, 0.2) is 11.5 Å². The summed E-state index contributed by atoms with van der Waals surface area (Å²) in [5, 5.41) is 3.67. The lowest BCUT2D eigenvalue weighted by Crippen LogP contribution is -2.45. The van der Waals surface area contributed by atoms with Crippen molar-refractivity contribution in [2.45, 2.75) is 51.7 Å². The topological polar surface area (TPSA) is 30.5 Å². The molecule has 0 spiro atoms. The van der Waals surface area contributed by atoms with Crippen molar-refractivity contribution >= 4 is 0 Å². The Morgan fingerprint density at radius 3 is 2.85 bits per heavy atom. The van der Waals surface area contributed by atoms with Gasteiger partial charge in [0.05, 0.1) is 0 Å². The van der Waals surface area contributed by atoms with Crippen LogP contribution in [0.15, 0.2) is 24.3 Å². The lowest BCUT2D eigenvalue weighted by molar-refractivity contribution is 0.0832. The zero-order valence-electron chi connectivity index (χ0n) is 12.5. The van der Waals surface area contributed by atoms with Gasteiger partial charge in [0.25, 0.3) is 0 Å². The Kier molecular flexibility index (Phi) is 3.88. The maximum Gasteiger partial charge on any atom is 0.161 e. The highest BCUT2D eigenvalue weighted by atomic mass is 16.6. The van der Waals surface area contributed by atoms with Crippen LogP contribution in [0.1, 0.15) is 39.5 Å². The van der Waals surface area contributed by atoms with E-state index < -0.39 is 0 Å². The largest absolute Gasteiger partial charge is 0.486 e. The zero-order chi connectivity index (χ0) is 14.0. The van der Waals surface area contributed by atoms with Crippen LogP contribution in [0, 0.1) is 5.41 Å². The van der Waals surface area contributed by atoms with Gasteiger partial charge >= 0.3 is 0 Å². The molecule has 2 unspecified atom stereocenters. The second kappa shape index (κ2) is 5.65. The molecule has 3 rings (SSSR count). The van der Waals surface area contributed by atoms with Crippen LogP contribution in [-0.2, 0) is 0 Å². The summed E-state index contributed by atoms with van der Waals surface area (Å²) in [6.07, 6.45) is 5.34. The van der Waals surface area contributed by atoms with E-state index >= 15 is 0 Å². The molecule has 1 aromatic carbocycles. The van der Waals surface area contributed by atoms with E-state index in [-0.39, 0.29) is 6.10 Å². The van der Waals surface area contributed by atoms with E-state index in [1.165, 1.54) is 25.7 Å². The molecule has 1 fully saturated rings. The number of hydrogen-bond acceptors (Lipinski definition) is 3. The Bertz CT molecular complexity index is 458. The van der Waals surface area contributed by atoms with Crippen LogP contribution in [0.2, 0.25) is 0 Å². The minimum absolute atomic E-state index is 0.120. The molecule has 1 aliphatic carbocycles. The first-order chi connectivity index (χ1) is 9.62. The van der Waals surface area contributed by atoms with Gasteiger partial charge in [-0.3, -0.25) is 0 Å². The van der Waals surface area contributed by atoms with Crippen LogP contribution in [0.3, 0.4) is 0 Å². The quantitative estimate of drug-likeness (QED) is 0.917. The standard InChI is InChI=1S/C17H25NO2/c1-17(2)9-5-6-13(10-17)18-11-14-12-19-15-7-3-4-8-16(15)20-14/h3-4,7-8,13-14,18H,5-6,9-12H2,1-2H3. The van der Waals surface area contributed by atoms with Gasteiger partial charge in [-0.2, -0.15) is 0 Å². The number of hydrogen-bond donors (Lipinski definition) is 1. The van der Waals surface area contributed by atoms with Gasteiger partial charge in [-0.05, 0) is 36.8 Å². The minimum Gasteiger partial charge on any atom is -0.486 e. The van der Waals surface area contributed by atoms with Crippen LogP contribution < -0.4 is 14.8 Å². The fourth-order valence-corrected chi connectivity index (χ4v) is 3.33. The van der Waals surface area contributed by atoms with Crippen LogP contribution in [0.4, 0.5) is 0 Å². The third-order valence-corrected chi connectivity index (χ3v) is 4.41. The van der Waals surface area contributed by atoms with Gasteiger partial charge in [0, 0.05) is 12.6 Å². The third kappa shape index (κ3) is 3.26. The van der Waals surface area contributed by atoms with Crippen molar-refractivity contribution in [3.8, 4) is 11.5 Å². The predicted octanol–water partition coefficient (Wildman–Crippen LogP) is 3.38. The van der Waals surface area contributed by atoms with E-state index in [0.29, 0.717) is 18.1 Å². The summed E-state index contributed by atoms with van der Waals surface area (Å²) in [5.41, 5.74) is 0.479. The molecule has 110 valence electrons. The number of fused-ring (bicyclic) bond motifs is 1. The second-order valence-corrected chi connectivity index (χ2v) is 6.86. The highest BCUT2D eigenvalue weighted by molar-refractivity contribution is 5.40. The van der Waals surface area contributed by atoms with Gasteiger partial charge in [-0.15, -0.1) is 0 Å². The first kappa shape index (κ1) is 13.7. The van der Waals surface area contributed by atoms with Gasteiger partial charge < -0.3 is 14.8 Å². The van der Waals surface area contributed by atoms with Crippen LogP contribution in [0.25, 0.3) is 0 Å².